The first-order valence-corrected chi connectivity index (χ1v) is 17.1. The van der Waals surface area contributed by atoms with E-state index in [-0.39, 0.29) is 12.8 Å². The van der Waals surface area contributed by atoms with Crippen molar-refractivity contribution in [2.45, 2.75) is 12.8 Å². The molecule has 252 valence electrons. The highest BCUT2D eigenvalue weighted by Crippen LogP contribution is 2.55. The van der Waals surface area contributed by atoms with Gasteiger partial charge in [0.15, 0.2) is 0 Å². The first-order valence-electron chi connectivity index (χ1n) is 17.1. The van der Waals surface area contributed by atoms with E-state index >= 15 is 0 Å². The monoisotopic (exact) mass is 663 g/mol. The zero-order chi connectivity index (χ0) is 34.3. The van der Waals surface area contributed by atoms with E-state index in [4.69, 9.17) is 5.73 Å². The Morgan fingerprint density at radius 2 is 1.22 bits per heavy atom. The molecule has 3 heteroatoms. The fourth-order valence-corrected chi connectivity index (χ4v) is 7.14. The van der Waals surface area contributed by atoms with Gasteiger partial charge in [0.25, 0.3) is 0 Å². The molecule has 1 heterocycles. The summed E-state index contributed by atoms with van der Waals surface area (Å²) in [7, 11) is 2.08. The van der Waals surface area contributed by atoms with Crippen LogP contribution in [-0.4, -0.2) is 31.3 Å². The molecule has 0 amide bonds. The molecule has 3 nitrogen and oxygen atoms in total. The van der Waals surface area contributed by atoms with Crippen molar-refractivity contribution < 1.29 is 0 Å². The summed E-state index contributed by atoms with van der Waals surface area (Å²) in [6, 6.07) is 55.8. The number of benzene rings is 6. The lowest BCUT2D eigenvalue weighted by Gasteiger charge is -2.34. The summed E-state index contributed by atoms with van der Waals surface area (Å²) in [6.07, 6.45) is 8.41. The summed E-state index contributed by atoms with van der Waals surface area (Å²) in [4.78, 5) is 6.70. The SMILES string of the molecule is C.C=C(N)c1ccc(C2(c3ccccc3)c3ccccc3-c3ccccc32)cc1.CN1C=C(CN=Cc2ccc(-c3ccccc3)cc2)C=CC1. The summed E-state index contributed by atoms with van der Waals surface area (Å²) < 4.78 is 0. The second-order valence-corrected chi connectivity index (χ2v) is 12.8. The fourth-order valence-electron chi connectivity index (χ4n) is 7.14. The van der Waals surface area contributed by atoms with Gasteiger partial charge in [0.05, 0.1) is 12.0 Å². The Morgan fingerprint density at radius 3 is 1.80 bits per heavy atom. The van der Waals surface area contributed by atoms with Crippen molar-refractivity contribution >= 4 is 11.9 Å². The number of aliphatic imine (C=N–C) groups is 1. The predicted molar refractivity (Wildman–Crippen MR) is 218 cm³/mol. The van der Waals surface area contributed by atoms with Gasteiger partial charge in [-0.05, 0) is 61.2 Å². The van der Waals surface area contributed by atoms with Gasteiger partial charge in [-0.2, -0.15) is 0 Å². The van der Waals surface area contributed by atoms with Crippen LogP contribution in [0.2, 0.25) is 0 Å². The Hall–Kier alpha value is -6.19. The topological polar surface area (TPSA) is 41.6 Å². The first-order chi connectivity index (χ1) is 24.5. The molecule has 0 radical (unpaired) electrons. The van der Waals surface area contributed by atoms with Crippen LogP contribution in [0.4, 0.5) is 0 Å². The van der Waals surface area contributed by atoms with Gasteiger partial charge >= 0.3 is 0 Å². The first kappa shape index (κ1) is 34.7. The van der Waals surface area contributed by atoms with Crippen molar-refractivity contribution in [3.8, 4) is 22.3 Å². The van der Waals surface area contributed by atoms with E-state index in [1.807, 2.05) is 12.3 Å². The third kappa shape index (κ3) is 7.11. The van der Waals surface area contributed by atoms with Crippen LogP contribution in [0.5, 0.6) is 0 Å². The third-order valence-electron chi connectivity index (χ3n) is 9.49. The van der Waals surface area contributed by atoms with E-state index in [0.29, 0.717) is 5.70 Å². The summed E-state index contributed by atoms with van der Waals surface area (Å²) >= 11 is 0. The molecule has 0 fully saturated rings. The lowest BCUT2D eigenvalue weighted by atomic mass is 9.67. The van der Waals surface area contributed by atoms with Crippen LogP contribution in [0.15, 0.2) is 193 Å². The maximum Gasteiger partial charge on any atom is 0.0713 e. The zero-order valence-electron chi connectivity index (χ0n) is 28.4. The number of likely N-dealkylation sites (N-methyl/N-ethyl adjacent to an activating group) is 1. The lowest BCUT2D eigenvalue weighted by molar-refractivity contribution is 0.499. The van der Waals surface area contributed by atoms with E-state index < -0.39 is 0 Å². The lowest BCUT2D eigenvalue weighted by Crippen LogP contribution is -2.28. The van der Waals surface area contributed by atoms with Crippen LogP contribution in [0.25, 0.3) is 28.0 Å². The summed E-state index contributed by atoms with van der Waals surface area (Å²) in [6.45, 7) is 5.58. The molecule has 1 aliphatic heterocycles. The molecule has 0 bridgehead atoms. The average molecular weight is 664 g/mol. The quantitative estimate of drug-likeness (QED) is 0.172. The minimum atomic E-state index is -0.344. The van der Waals surface area contributed by atoms with Gasteiger partial charge < -0.3 is 10.6 Å². The molecular formula is C48H45N3. The van der Waals surface area contributed by atoms with Gasteiger partial charge in [-0.3, -0.25) is 4.99 Å². The standard InChI is InChI=1S/C27H21N.C20H20N2.CH4/c1-19(28)20-15-17-22(18-16-20)27(21-9-3-2-4-10-21)25-13-7-5-11-23(25)24-12-6-8-14-26(24)27;1-22-13-5-6-18(16-22)15-21-14-17-9-11-20(12-10-17)19-7-3-2-4-8-19;/h2-18H,1,28H2;2-12,14,16H,13,15H2,1H3;1H4. The molecule has 0 unspecified atom stereocenters. The van der Waals surface area contributed by atoms with Crippen molar-refractivity contribution in [3.63, 3.8) is 0 Å². The predicted octanol–water partition coefficient (Wildman–Crippen LogP) is 10.8. The molecule has 0 aromatic heterocycles. The zero-order valence-corrected chi connectivity index (χ0v) is 28.4. The molecule has 6 aromatic carbocycles. The molecule has 1 aliphatic carbocycles. The smallest absolute Gasteiger partial charge is 0.0713 e. The van der Waals surface area contributed by atoms with E-state index in [0.717, 1.165) is 24.2 Å². The normalized spacial score (nSPS) is 13.7. The van der Waals surface area contributed by atoms with Crippen molar-refractivity contribution in [2.75, 3.05) is 20.1 Å². The molecular weight excluding hydrogens is 619 g/mol. The second-order valence-electron chi connectivity index (χ2n) is 12.8. The highest BCUT2D eigenvalue weighted by Gasteiger charge is 2.45. The van der Waals surface area contributed by atoms with E-state index in [9.17, 15) is 0 Å². The van der Waals surface area contributed by atoms with E-state index in [1.54, 1.807) is 0 Å². The van der Waals surface area contributed by atoms with Crippen molar-refractivity contribution in [3.05, 3.63) is 222 Å². The molecule has 8 rings (SSSR count). The Kier molecular flexibility index (Phi) is 10.6. The summed E-state index contributed by atoms with van der Waals surface area (Å²) in [5.74, 6) is 0. The molecule has 0 saturated carbocycles. The Morgan fingerprint density at radius 1 is 0.686 bits per heavy atom. The average Bonchev–Trinajstić information content (AvgIpc) is 3.47. The molecule has 6 aromatic rings. The number of nitrogens with two attached hydrogens (primary N) is 1. The maximum atomic E-state index is 5.92. The highest BCUT2D eigenvalue weighted by molar-refractivity contribution is 5.86. The molecule has 2 N–H and O–H groups in total. The van der Waals surface area contributed by atoms with Gasteiger partial charge in [0.1, 0.15) is 0 Å². The summed E-state index contributed by atoms with van der Waals surface area (Å²) in [5, 5.41) is 0. The van der Waals surface area contributed by atoms with E-state index in [2.05, 4.69) is 194 Å². The van der Waals surface area contributed by atoms with Gasteiger partial charge in [-0.25, -0.2) is 0 Å². The minimum Gasteiger partial charge on any atom is -0.399 e. The largest absolute Gasteiger partial charge is 0.399 e. The van der Waals surface area contributed by atoms with Crippen LogP contribution in [0, 0.1) is 0 Å². The molecule has 0 saturated heterocycles. The Bertz CT molecular complexity index is 2130. The van der Waals surface area contributed by atoms with Crippen LogP contribution in [0.3, 0.4) is 0 Å². The second kappa shape index (κ2) is 15.6. The number of hydrogen-bond donors (Lipinski definition) is 1. The minimum absolute atomic E-state index is 0. The van der Waals surface area contributed by atoms with E-state index in [1.165, 1.54) is 50.1 Å². The number of hydrogen-bond acceptors (Lipinski definition) is 3. The van der Waals surface area contributed by atoms with Crippen LogP contribution in [-0.2, 0) is 5.41 Å². The highest BCUT2D eigenvalue weighted by atomic mass is 15.1. The Labute approximate surface area is 303 Å². The van der Waals surface area contributed by atoms with Crippen LogP contribution < -0.4 is 5.73 Å². The van der Waals surface area contributed by atoms with Crippen LogP contribution in [0.1, 0.15) is 40.8 Å². The summed E-state index contributed by atoms with van der Waals surface area (Å²) in [5.41, 5.74) is 19.7. The van der Waals surface area contributed by atoms with Gasteiger partial charge in [-0.1, -0.05) is 184 Å². The van der Waals surface area contributed by atoms with Crippen molar-refractivity contribution in [1.82, 2.24) is 4.90 Å². The maximum absolute atomic E-state index is 5.92. The third-order valence-corrected chi connectivity index (χ3v) is 9.49. The van der Waals surface area contributed by atoms with Crippen molar-refractivity contribution in [2.24, 2.45) is 10.7 Å². The Balaban J connectivity index is 0.000000178. The van der Waals surface area contributed by atoms with Crippen molar-refractivity contribution in [1.29, 1.82) is 0 Å². The molecule has 0 atom stereocenters. The molecule has 51 heavy (non-hydrogen) atoms. The molecule has 0 spiro atoms. The number of nitrogens with zero attached hydrogens (tertiary/aromatic N) is 2. The van der Waals surface area contributed by atoms with Gasteiger partial charge in [0, 0.05) is 31.7 Å². The van der Waals surface area contributed by atoms with Gasteiger partial charge in [-0.15, -0.1) is 0 Å². The number of rotatable bonds is 7. The number of fused-ring (bicyclic) bond motifs is 3. The van der Waals surface area contributed by atoms with Gasteiger partial charge in [0.2, 0.25) is 0 Å². The fraction of sp³-hybridized carbons (Fsp3) is 0.104. The molecule has 2 aliphatic rings. The van der Waals surface area contributed by atoms with Crippen LogP contribution >= 0.6 is 0 Å².